The topological polar surface area (TPSA) is 132 Å². The number of ether oxygens (including phenoxy) is 2. The molecule has 0 radical (unpaired) electrons. The van der Waals surface area contributed by atoms with Gasteiger partial charge in [0.2, 0.25) is 0 Å². The lowest BCUT2D eigenvalue weighted by Gasteiger charge is -2.20. The molecule has 0 aromatic carbocycles. The number of aliphatic hydroxyl groups is 2. The predicted octanol–water partition coefficient (Wildman–Crippen LogP) is 13.8. The molecule has 346 valence electrons. The number of carbonyl (C=O) groups is 1. The van der Waals surface area contributed by atoms with Gasteiger partial charge >= 0.3 is 13.8 Å². The summed E-state index contributed by atoms with van der Waals surface area (Å²) < 4.78 is 33.5. The molecule has 0 fully saturated rings. The highest BCUT2D eigenvalue weighted by Gasteiger charge is 2.26. The molecule has 3 unspecified atom stereocenters. The SMILES string of the molecule is CC/C=C\C/C=C\C/C=C\C/C=C\CCCCCCCCC(=O)OC(COCCCCCCCCCCCCCCCCCCCCC)COP(=O)(O)OCC(O)CO. The fraction of sp³-hybridized carbons (Fsp3) is 0.816. The number of rotatable bonds is 46. The molecule has 0 spiro atoms. The quantitative estimate of drug-likeness (QED) is 0.0237. The minimum absolute atomic E-state index is 0.0450. The van der Waals surface area contributed by atoms with Crippen LogP contribution in [0.5, 0.6) is 0 Å². The summed E-state index contributed by atoms with van der Waals surface area (Å²) in [5.74, 6) is -0.394. The van der Waals surface area contributed by atoms with Gasteiger partial charge in [-0.15, -0.1) is 0 Å². The highest BCUT2D eigenvalue weighted by molar-refractivity contribution is 7.47. The molecule has 0 amide bonds. The maximum Gasteiger partial charge on any atom is 0.472 e. The van der Waals surface area contributed by atoms with Crippen LogP contribution in [0.2, 0.25) is 0 Å². The summed E-state index contributed by atoms with van der Waals surface area (Å²) in [7, 11) is -4.52. The average Bonchev–Trinajstić information content (AvgIpc) is 3.23. The van der Waals surface area contributed by atoms with Gasteiger partial charge in [-0.1, -0.05) is 204 Å². The number of hydrogen-bond acceptors (Lipinski definition) is 8. The second-order valence-electron chi connectivity index (χ2n) is 16.1. The molecule has 3 atom stereocenters. The maximum atomic E-state index is 12.7. The van der Waals surface area contributed by atoms with E-state index in [1.54, 1.807) is 0 Å². The molecule has 10 heteroatoms. The van der Waals surface area contributed by atoms with Gasteiger partial charge < -0.3 is 24.6 Å². The molecule has 0 rings (SSSR count). The molecule has 59 heavy (non-hydrogen) atoms. The Bertz CT molecular complexity index is 1060. The zero-order valence-corrected chi connectivity index (χ0v) is 38.9. The third-order valence-electron chi connectivity index (χ3n) is 10.3. The Hall–Kier alpha value is -1.58. The van der Waals surface area contributed by atoms with Crippen molar-refractivity contribution in [2.45, 2.75) is 225 Å². The number of hydrogen-bond donors (Lipinski definition) is 3. The normalized spacial score (nSPS) is 14.3. The van der Waals surface area contributed by atoms with Gasteiger partial charge in [-0.2, -0.15) is 0 Å². The van der Waals surface area contributed by atoms with Crippen LogP contribution >= 0.6 is 7.82 Å². The van der Waals surface area contributed by atoms with Gasteiger partial charge in [0.25, 0.3) is 0 Å². The van der Waals surface area contributed by atoms with E-state index in [-0.39, 0.29) is 19.6 Å². The molecule has 3 N–H and O–H groups in total. The van der Waals surface area contributed by atoms with E-state index in [1.807, 2.05) is 0 Å². The summed E-state index contributed by atoms with van der Waals surface area (Å²) in [6.45, 7) is 3.42. The summed E-state index contributed by atoms with van der Waals surface area (Å²) in [6.07, 6.45) is 52.1. The summed E-state index contributed by atoms with van der Waals surface area (Å²) in [4.78, 5) is 22.6. The zero-order valence-electron chi connectivity index (χ0n) is 38.0. The van der Waals surface area contributed by atoms with E-state index in [0.717, 1.165) is 77.0 Å². The molecule has 0 aromatic heterocycles. The third-order valence-corrected chi connectivity index (χ3v) is 11.2. The van der Waals surface area contributed by atoms with Crippen molar-refractivity contribution in [1.29, 1.82) is 0 Å². The first-order chi connectivity index (χ1) is 28.8. The summed E-state index contributed by atoms with van der Waals surface area (Å²) >= 11 is 0. The predicted molar refractivity (Wildman–Crippen MR) is 247 cm³/mol. The van der Waals surface area contributed by atoms with Gasteiger partial charge in [-0.05, 0) is 51.4 Å². The summed E-state index contributed by atoms with van der Waals surface area (Å²) in [5.41, 5.74) is 0. The van der Waals surface area contributed by atoms with Gasteiger partial charge in [0.05, 0.1) is 26.4 Å². The first kappa shape index (κ1) is 57.4. The van der Waals surface area contributed by atoms with E-state index in [9.17, 15) is 19.4 Å². The van der Waals surface area contributed by atoms with Gasteiger partial charge in [0.15, 0.2) is 0 Å². The maximum absolute atomic E-state index is 12.7. The number of phosphoric acid groups is 1. The average molecular weight is 855 g/mol. The van der Waals surface area contributed by atoms with Crippen LogP contribution in [-0.4, -0.2) is 66.3 Å². The van der Waals surface area contributed by atoms with Crippen LogP contribution in [0.4, 0.5) is 0 Å². The van der Waals surface area contributed by atoms with Gasteiger partial charge in [0.1, 0.15) is 12.2 Å². The molecular formula is C49H91O9P. The van der Waals surface area contributed by atoms with Crippen LogP contribution in [0.3, 0.4) is 0 Å². The Morgan fingerprint density at radius 2 is 0.966 bits per heavy atom. The first-order valence-corrected chi connectivity index (χ1v) is 25.6. The van der Waals surface area contributed by atoms with Crippen molar-refractivity contribution >= 4 is 13.8 Å². The van der Waals surface area contributed by atoms with E-state index in [1.165, 1.54) is 109 Å². The van der Waals surface area contributed by atoms with Crippen molar-refractivity contribution in [2.24, 2.45) is 0 Å². The van der Waals surface area contributed by atoms with Crippen LogP contribution in [-0.2, 0) is 27.9 Å². The second-order valence-corrected chi connectivity index (χ2v) is 17.6. The zero-order chi connectivity index (χ0) is 43.2. The van der Waals surface area contributed by atoms with Crippen LogP contribution in [0.1, 0.15) is 213 Å². The first-order valence-electron chi connectivity index (χ1n) is 24.1. The molecule has 0 aliphatic carbocycles. The Balaban J connectivity index is 4.12. The van der Waals surface area contributed by atoms with Crippen LogP contribution < -0.4 is 0 Å². The molecule has 0 aliphatic heterocycles. The van der Waals surface area contributed by atoms with Crippen molar-refractivity contribution in [1.82, 2.24) is 0 Å². The Kier molecular flexibility index (Phi) is 44.7. The fourth-order valence-electron chi connectivity index (χ4n) is 6.64. The van der Waals surface area contributed by atoms with E-state index in [2.05, 4.69) is 62.5 Å². The lowest BCUT2D eigenvalue weighted by Crippen LogP contribution is -2.29. The molecular weight excluding hydrogens is 764 g/mol. The van der Waals surface area contributed by atoms with Gasteiger partial charge in [-0.25, -0.2) is 4.57 Å². The number of aliphatic hydroxyl groups excluding tert-OH is 2. The molecule has 0 aromatic rings. The minimum Gasteiger partial charge on any atom is -0.457 e. The van der Waals surface area contributed by atoms with Crippen LogP contribution in [0, 0.1) is 0 Å². The number of allylic oxidation sites excluding steroid dienone is 8. The smallest absolute Gasteiger partial charge is 0.457 e. The molecule has 0 aliphatic rings. The number of carbonyl (C=O) groups excluding carboxylic acids is 1. The summed E-state index contributed by atoms with van der Waals surface area (Å²) in [6, 6.07) is 0. The lowest BCUT2D eigenvalue weighted by molar-refractivity contribution is -0.154. The van der Waals surface area contributed by atoms with Crippen molar-refractivity contribution in [3.63, 3.8) is 0 Å². The summed E-state index contributed by atoms with van der Waals surface area (Å²) in [5, 5.41) is 18.4. The van der Waals surface area contributed by atoms with Crippen LogP contribution in [0.25, 0.3) is 0 Å². The van der Waals surface area contributed by atoms with E-state index >= 15 is 0 Å². The molecule has 0 saturated carbocycles. The van der Waals surface area contributed by atoms with Crippen molar-refractivity contribution in [2.75, 3.05) is 33.0 Å². The highest BCUT2D eigenvalue weighted by atomic mass is 31.2. The highest BCUT2D eigenvalue weighted by Crippen LogP contribution is 2.43. The second kappa shape index (κ2) is 45.9. The van der Waals surface area contributed by atoms with Gasteiger partial charge in [-0.3, -0.25) is 13.8 Å². The Labute approximate surface area is 362 Å². The Morgan fingerprint density at radius 1 is 0.542 bits per heavy atom. The molecule has 9 nitrogen and oxygen atoms in total. The molecule has 0 saturated heterocycles. The van der Waals surface area contributed by atoms with Crippen molar-refractivity contribution in [3.05, 3.63) is 48.6 Å². The van der Waals surface area contributed by atoms with Crippen molar-refractivity contribution < 1.29 is 43.0 Å². The standard InChI is InChI=1S/C49H91O9P/c1-3-5-7-9-11-13-15-17-19-21-23-25-27-29-31-33-35-37-39-41-49(52)58-48(46-57-59(53,54)56-44-47(51)43-50)45-55-42-40-38-36-34-32-30-28-26-24-22-20-18-16-14-12-10-8-6-4-2/h5,7,11,13,17,19,23,25,47-48,50-51H,3-4,6,8-10,12,14-16,18,20-22,24,26-46H2,1-2H3,(H,53,54)/b7-5-,13-11-,19-17-,25-23-. The molecule has 0 bridgehead atoms. The molecule has 0 heterocycles. The van der Waals surface area contributed by atoms with E-state index in [4.69, 9.17) is 23.6 Å². The largest absolute Gasteiger partial charge is 0.472 e. The fourth-order valence-corrected chi connectivity index (χ4v) is 7.43. The number of esters is 1. The third kappa shape index (κ3) is 45.8. The van der Waals surface area contributed by atoms with E-state index < -0.39 is 39.2 Å². The van der Waals surface area contributed by atoms with Crippen molar-refractivity contribution in [3.8, 4) is 0 Å². The van der Waals surface area contributed by atoms with E-state index in [0.29, 0.717) is 13.0 Å². The lowest BCUT2D eigenvalue weighted by atomic mass is 10.0. The number of unbranched alkanes of at least 4 members (excludes halogenated alkanes) is 24. The number of phosphoric ester groups is 1. The monoisotopic (exact) mass is 855 g/mol. The Morgan fingerprint density at radius 3 is 1.46 bits per heavy atom. The van der Waals surface area contributed by atoms with Crippen LogP contribution in [0.15, 0.2) is 48.6 Å². The minimum atomic E-state index is -4.52. The van der Waals surface area contributed by atoms with Gasteiger partial charge in [0, 0.05) is 13.0 Å².